The van der Waals surface area contributed by atoms with Crippen molar-refractivity contribution in [2.24, 2.45) is 11.8 Å². The number of aliphatic hydroxyl groups is 1. The third-order valence-electron chi connectivity index (χ3n) is 8.88. The molecule has 4 aliphatic rings. The fourth-order valence-electron chi connectivity index (χ4n) is 6.79. The van der Waals surface area contributed by atoms with Gasteiger partial charge in [0.05, 0.1) is 36.6 Å². The molecule has 0 unspecified atom stereocenters. The molecule has 11 heteroatoms. The summed E-state index contributed by atoms with van der Waals surface area (Å²) in [6.07, 6.45) is 6.61. The number of allylic oxidation sites excluding steroid dienone is 1. The maximum absolute atomic E-state index is 14.4. The third-order valence-corrected chi connectivity index (χ3v) is 9.13. The molecule has 3 amide bonds. The molecule has 2 aromatic carbocycles. The van der Waals surface area contributed by atoms with Crippen LogP contribution in [-0.4, -0.2) is 77.2 Å². The SMILES string of the molecule is C[C@H](CO)N1C(=O)[C@@H]2[C@H]3C(=O)N[C@H](c4ccccc4)COC(=O)CC/C=C\[C@H]3O[C@@]23C=CCN(c2ccc(Cl)cc2)C(=O)[C@@H]13. The number of amides is 3. The highest BCUT2D eigenvalue weighted by Gasteiger charge is 2.72. The Hall–Kier alpha value is -3.99. The van der Waals surface area contributed by atoms with Crippen molar-refractivity contribution in [3.8, 4) is 0 Å². The first-order chi connectivity index (χ1) is 21.2. The highest BCUT2D eigenvalue weighted by molar-refractivity contribution is 6.30. The molecule has 0 aromatic heterocycles. The van der Waals surface area contributed by atoms with Crippen molar-refractivity contribution in [3.05, 3.63) is 89.5 Å². The van der Waals surface area contributed by atoms with Gasteiger partial charge in [-0.2, -0.15) is 0 Å². The zero-order valence-electron chi connectivity index (χ0n) is 24.2. The molecule has 2 saturated heterocycles. The number of benzene rings is 2. The van der Waals surface area contributed by atoms with Gasteiger partial charge < -0.3 is 29.7 Å². The normalized spacial score (nSPS) is 31.9. The molecule has 4 aliphatic heterocycles. The Morgan fingerprint density at radius 3 is 2.52 bits per heavy atom. The van der Waals surface area contributed by atoms with Crippen molar-refractivity contribution < 1.29 is 33.8 Å². The summed E-state index contributed by atoms with van der Waals surface area (Å²) in [6.45, 7) is 1.41. The smallest absolute Gasteiger partial charge is 0.306 e. The molecular weight excluding hydrogens is 586 g/mol. The Balaban J connectivity index is 1.43. The highest BCUT2D eigenvalue weighted by atomic mass is 35.5. The van der Waals surface area contributed by atoms with Crippen LogP contribution in [0.5, 0.6) is 0 Å². The minimum atomic E-state index is -1.48. The number of hydrogen-bond acceptors (Lipinski definition) is 7. The van der Waals surface area contributed by atoms with Crippen molar-refractivity contribution in [2.75, 3.05) is 24.7 Å². The summed E-state index contributed by atoms with van der Waals surface area (Å²) >= 11 is 6.11. The first-order valence-electron chi connectivity index (χ1n) is 14.8. The predicted octanol–water partition coefficient (Wildman–Crippen LogP) is 2.96. The number of hydrogen-bond donors (Lipinski definition) is 2. The van der Waals surface area contributed by atoms with Gasteiger partial charge in [-0.25, -0.2) is 0 Å². The topological polar surface area (TPSA) is 125 Å². The van der Waals surface area contributed by atoms with E-state index in [0.29, 0.717) is 17.1 Å². The zero-order valence-corrected chi connectivity index (χ0v) is 24.9. The number of anilines is 1. The molecular formula is C33H34ClN3O7. The number of carbonyl (C=O) groups is 4. The maximum atomic E-state index is 14.4. The number of esters is 1. The van der Waals surface area contributed by atoms with Crippen molar-refractivity contribution in [1.82, 2.24) is 10.2 Å². The molecule has 0 bridgehead atoms. The molecule has 0 saturated carbocycles. The van der Waals surface area contributed by atoms with Crippen LogP contribution in [0, 0.1) is 11.8 Å². The lowest BCUT2D eigenvalue weighted by molar-refractivity contribution is -0.146. The average Bonchev–Trinajstić information content (AvgIpc) is 3.42. The number of likely N-dealkylation sites (tertiary alicyclic amines) is 1. The number of halogens is 1. The van der Waals surface area contributed by atoms with Crippen LogP contribution < -0.4 is 10.2 Å². The summed E-state index contributed by atoms with van der Waals surface area (Å²) in [5.74, 6) is -3.75. The molecule has 7 atom stereocenters. The fourth-order valence-corrected chi connectivity index (χ4v) is 6.92. The monoisotopic (exact) mass is 619 g/mol. The van der Waals surface area contributed by atoms with Gasteiger partial charge in [0.15, 0.2) is 0 Å². The van der Waals surface area contributed by atoms with Gasteiger partial charge >= 0.3 is 5.97 Å². The van der Waals surface area contributed by atoms with Crippen LogP contribution in [0.15, 0.2) is 78.9 Å². The lowest BCUT2D eigenvalue weighted by Crippen LogP contribution is -2.57. The van der Waals surface area contributed by atoms with E-state index >= 15 is 0 Å². The van der Waals surface area contributed by atoms with Crippen LogP contribution in [0.2, 0.25) is 5.02 Å². The van der Waals surface area contributed by atoms with Gasteiger partial charge in [0.1, 0.15) is 18.2 Å². The Morgan fingerprint density at radius 1 is 1.05 bits per heavy atom. The molecule has 2 fully saturated rings. The second kappa shape index (κ2) is 12.2. The minimum absolute atomic E-state index is 0.0783. The van der Waals surface area contributed by atoms with Gasteiger partial charge in [0, 0.05) is 23.7 Å². The average molecular weight is 620 g/mol. The molecule has 2 aromatic rings. The Kier molecular flexibility index (Phi) is 8.32. The van der Waals surface area contributed by atoms with E-state index < -0.39 is 65.4 Å². The largest absolute Gasteiger partial charge is 0.463 e. The molecule has 230 valence electrons. The van der Waals surface area contributed by atoms with E-state index in [9.17, 15) is 24.3 Å². The van der Waals surface area contributed by atoms with Crippen LogP contribution >= 0.6 is 11.6 Å². The molecule has 0 radical (unpaired) electrons. The Bertz CT molecular complexity index is 1500. The minimum Gasteiger partial charge on any atom is -0.463 e. The second-order valence-corrected chi connectivity index (χ2v) is 12.0. The molecule has 2 N–H and O–H groups in total. The van der Waals surface area contributed by atoms with Crippen LogP contribution in [0.3, 0.4) is 0 Å². The van der Waals surface area contributed by atoms with E-state index in [1.807, 2.05) is 30.3 Å². The number of nitrogens with zero attached hydrogens (tertiary/aromatic N) is 2. The van der Waals surface area contributed by atoms with Gasteiger partial charge in [0.2, 0.25) is 11.8 Å². The number of carbonyl (C=O) groups excluding carboxylic acids is 4. The number of fused-ring (bicyclic) bond motifs is 2. The van der Waals surface area contributed by atoms with Crippen molar-refractivity contribution in [1.29, 1.82) is 0 Å². The van der Waals surface area contributed by atoms with E-state index in [1.165, 1.54) is 4.90 Å². The molecule has 1 spiro atoms. The van der Waals surface area contributed by atoms with E-state index in [4.69, 9.17) is 21.1 Å². The summed E-state index contributed by atoms with van der Waals surface area (Å²) in [6, 6.07) is 13.4. The van der Waals surface area contributed by atoms with E-state index in [0.717, 1.165) is 5.56 Å². The van der Waals surface area contributed by atoms with Gasteiger partial charge in [-0.1, -0.05) is 66.2 Å². The molecule has 0 aliphatic carbocycles. The molecule has 6 rings (SSSR count). The maximum Gasteiger partial charge on any atom is 0.306 e. The number of rotatable bonds is 4. The summed E-state index contributed by atoms with van der Waals surface area (Å²) in [7, 11) is 0. The summed E-state index contributed by atoms with van der Waals surface area (Å²) < 4.78 is 12.2. The molecule has 4 heterocycles. The van der Waals surface area contributed by atoms with Gasteiger partial charge in [-0.3, -0.25) is 19.2 Å². The van der Waals surface area contributed by atoms with E-state index in [2.05, 4.69) is 5.32 Å². The summed E-state index contributed by atoms with van der Waals surface area (Å²) in [5.41, 5.74) is -0.156. The third kappa shape index (κ3) is 5.21. The van der Waals surface area contributed by atoms with Crippen LogP contribution in [0.1, 0.15) is 31.4 Å². The zero-order chi connectivity index (χ0) is 31.0. The standard InChI is InChI=1S/C33H34ClN3O7/c1-20(18-38)37-29-32(42)36(23-14-12-22(34)13-15-23)17-7-16-33(29)28(31(37)41)27-25(44-33)10-5-6-11-26(39)43-19-24(35-30(27)40)21-8-3-2-4-9-21/h2-5,7-10,12-16,20,24-25,27-29,38H,6,11,17-19H2,1H3,(H,35,40)/b10-5-/t20-,24+,25-,27+,28+,29-,33+/m1/s1. The predicted molar refractivity (Wildman–Crippen MR) is 161 cm³/mol. The number of cyclic esters (lactones) is 1. The highest BCUT2D eigenvalue weighted by Crippen LogP contribution is 2.53. The van der Waals surface area contributed by atoms with E-state index in [1.54, 1.807) is 60.4 Å². The number of ether oxygens (including phenoxy) is 2. The summed E-state index contributed by atoms with van der Waals surface area (Å²) in [4.78, 5) is 58.4. The van der Waals surface area contributed by atoms with Crippen LogP contribution in [-0.2, 0) is 28.7 Å². The van der Waals surface area contributed by atoms with E-state index in [-0.39, 0.29) is 26.2 Å². The van der Waals surface area contributed by atoms with Crippen LogP contribution in [0.4, 0.5) is 5.69 Å². The lowest BCUT2D eigenvalue weighted by atomic mass is 9.77. The van der Waals surface area contributed by atoms with Crippen molar-refractivity contribution in [3.63, 3.8) is 0 Å². The van der Waals surface area contributed by atoms with Gasteiger partial charge in [-0.15, -0.1) is 0 Å². The molecule has 44 heavy (non-hydrogen) atoms. The molecule has 10 nitrogen and oxygen atoms in total. The lowest BCUT2D eigenvalue weighted by Gasteiger charge is -2.37. The fraction of sp³-hybridized carbons (Fsp3) is 0.394. The summed E-state index contributed by atoms with van der Waals surface area (Å²) in [5, 5.41) is 13.7. The van der Waals surface area contributed by atoms with Crippen LogP contribution in [0.25, 0.3) is 0 Å². The quantitative estimate of drug-likeness (QED) is 0.398. The van der Waals surface area contributed by atoms with Crippen molar-refractivity contribution in [2.45, 2.75) is 49.6 Å². The first kappa shape index (κ1) is 30.1. The van der Waals surface area contributed by atoms with Gasteiger partial charge in [0.25, 0.3) is 5.91 Å². The second-order valence-electron chi connectivity index (χ2n) is 11.6. The number of aliphatic hydroxyl groups excluding tert-OH is 1. The number of nitrogens with one attached hydrogen (secondary N) is 1. The first-order valence-corrected chi connectivity index (χ1v) is 15.2. The van der Waals surface area contributed by atoms with Crippen molar-refractivity contribution >= 4 is 41.0 Å². The Morgan fingerprint density at radius 2 is 1.80 bits per heavy atom. The van der Waals surface area contributed by atoms with Gasteiger partial charge in [-0.05, 0) is 43.2 Å². The Labute approximate surface area is 260 Å².